The zero-order chi connectivity index (χ0) is 15.0. The van der Waals surface area contributed by atoms with E-state index in [1.165, 1.54) is 6.21 Å². The molecule has 20 heavy (non-hydrogen) atoms. The molecule has 0 spiro atoms. The van der Waals surface area contributed by atoms with E-state index in [1.54, 1.807) is 18.2 Å². The molecule has 2 N–H and O–H groups in total. The number of amides is 1. The monoisotopic (exact) mass is 274 g/mol. The van der Waals surface area contributed by atoms with Gasteiger partial charge in [-0.1, -0.05) is 0 Å². The first-order valence-electron chi connectivity index (χ1n) is 6.39. The summed E-state index contributed by atoms with van der Waals surface area (Å²) in [6.07, 6.45) is 1.10. The molecular weight excluding hydrogens is 256 g/mol. The molecule has 0 saturated carbocycles. The van der Waals surface area contributed by atoms with Crippen molar-refractivity contribution >= 4 is 17.8 Å². The van der Waals surface area contributed by atoms with Gasteiger partial charge >= 0.3 is 0 Å². The van der Waals surface area contributed by atoms with Gasteiger partial charge < -0.3 is 10.0 Å². The van der Waals surface area contributed by atoms with Crippen LogP contribution < -0.4 is 10.3 Å². The molecule has 0 bridgehead atoms. The minimum Gasteiger partial charge on any atom is -0.507 e. The fraction of sp³-hybridized carbons (Fsp3) is 0.357. The van der Waals surface area contributed by atoms with Crippen LogP contribution in [0.15, 0.2) is 23.3 Å². The molecule has 0 aliphatic rings. The van der Waals surface area contributed by atoms with Gasteiger partial charge in [0, 0.05) is 30.4 Å². The Morgan fingerprint density at radius 2 is 2.20 bits per heavy atom. The number of benzene rings is 1. The van der Waals surface area contributed by atoms with Gasteiger partial charge in [-0.3, -0.25) is 4.79 Å². The molecule has 1 aromatic carbocycles. The van der Waals surface area contributed by atoms with Gasteiger partial charge in [0.15, 0.2) is 0 Å². The molecule has 106 valence electrons. The van der Waals surface area contributed by atoms with E-state index in [4.69, 9.17) is 5.26 Å². The van der Waals surface area contributed by atoms with Gasteiger partial charge in [-0.25, -0.2) is 5.43 Å². The van der Waals surface area contributed by atoms with Crippen LogP contribution in [0.5, 0.6) is 5.75 Å². The fourth-order valence-corrected chi connectivity index (χ4v) is 1.71. The number of phenolic OH excluding ortho intramolecular Hbond substituents is 1. The van der Waals surface area contributed by atoms with Crippen LogP contribution in [-0.4, -0.2) is 30.3 Å². The normalized spacial score (nSPS) is 10.2. The summed E-state index contributed by atoms with van der Waals surface area (Å²) in [6, 6.07) is 6.98. The highest BCUT2D eigenvalue weighted by Gasteiger charge is 2.05. The molecule has 1 amide bonds. The number of aromatic hydroxyl groups is 1. The molecule has 0 heterocycles. The Kier molecular flexibility index (Phi) is 6.04. The zero-order valence-corrected chi connectivity index (χ0v) is 11.6. The molecule has 0 aliphatic carbocycles. The average molecular weight is 274 g/mol. The molecule has 6 heteroatoms. The van der Waals surface area contributed by atoms with Crippen LogP contribution in [-0.2, 0) is 4.79 Å². The summed E-state index contributed by atoms with van der Waals surface area (Å²) in [5.74, 6) is -0.393. The van der Waals surface area contributed by atoms with E-state index < -0.39 is 5.91 Å². The van der Waals surface area contributed by atoms with Crippen molar-refractivity contribution in [2.24, 2.45) is 5.10 Å². The lowest BCUT2D eigenvalue weighted by atomic mass is 10.2. The van der Waals surface area contributed by atoms with Gasteiger partial charge in [0.1, 0.15) is 12.2 Å². The van der Waals surface area contributed by atoms with Crippen LogP contribution in [0.25, 0.3) is 0 Å². The second-order valence-electron chi connectivity index (χ2n) is 4.04. The van der Waals surface area contributed by atoms with Crippen molar-refractivity contribution in [2.45, 2.75) is 20.3 Å². The maximum atomic E-state index is 11.0. The summed E-state index contributed by atoms with van der Waals surface area (Å²) >= 11 is 0. The zero-order valence-electron chi connectivity index (χ0n) is 11.6. The van der Waals surface area contributed by atoms with Gasteiger partial charge in [0.25, 0.3) is 5.91 Å². The lowest BCUT2D eigenvalue weighted by Gasteiger charge is -2.21. The van der Waals surface area contributed by atoms with E-state index in [1.807, 2.05) is 19.9 Å². The first-order chi connectivity index (χ1) is 9.62. The number of carbonyl (C=O) groups is 1. The van der Waals surface area contributed by atoms with Gasteiger partial charge in [-0.05, 0) is 26.0 Å². The molecule has 6 nitrogen and oxygen atoms in total. The predicted molar refractivity (Wildman–Crippen MR) is 77.6 cm³/mol. The Bertz CT molecular complexity index is 530. The smallest absolute Gasteiger partial charge is 0.254 e. The van der Waals surface area contributed by atoms with E-state index in [0.717, 1.165) is 18.8 Å². The first kappa shape index (κ1) is 15.5. The Balaban J connectivity index is 2.76. The van der Waals surface area contributed by atoms with Crippen molar-refractivity contribution in [1.29, 1.82) is 5.26 Å². The number of nitriles is 1. The van der Waals surface area contributed by atoms with Crippen molar-refractivity contribution < 1.29 is 9.90 Å². The lowest BCUT2D eigenvalue weighted by Crippen LogP contribution is -2.21. The molecule has 0 radical (unpaired) electrons. The molecular formula is C14H18N4O2. The summed E-state index contributed by atoms with van der Waals surface area (Å²) in [5.41, 5.74) is 3.63. The minimum atomic E-state index is -0.483. The van der Waals surface area contributed by atoms with Gasteiger partial charge in [-0.15, -0.1) is 0 Å². The first-order valence-corrected chi connectivity index (χ1v) is 6.39. The molecule has 0 aromatic heterocycles. The van der Waals surface area contributed by atoms with Crippen LogP contribution in [0.1, 0.15) is 25.8 Å². The van der Waals surface area contributed by atoms with Crippen LogP contribution in [0.3, 0.4) is 0 Å². The molecule has 0 unspecified atom stereocenters. The number of carbonyl (C=O) groups excluding carboxylic acids is 1. The number of anilines is 1. The van der Waals surface area contributed by atoms with E-state index in [0.29, 0.717) is 5.56 Å². The number of rotatable bonds is 6. The second-order valence-corrected chi connectivity index (χ2v) is 4.04. The second kappa shape index (κ2) is 7.79. The Hall–Kier alpha value is -2.55. The molecule has 0 atom stereocenters. The predicted octanol–water partition coefficient (Wildman–Crippen LogP) is 1.60. The number of nitrogens with zero attached hydrogens (tertiary/aromatic N) is 3. The maximum absolute atomic E-state index is 11.0. The SMILES string of the molecule is CCN(CC)c1ccc(/C=N/NC(=O)CC#N)c(O)c1. The van der Waals surface area contributed by atoms with E-state index in [-0.39, 0.29) is 12.2 Å². The van der Waals surface area contributed by atoms with Gasteiger partial charge in [0.2, 0.25) is 0 Å². The van der Waals surface area contributed by atoms with E-state index >= 15 is 0 Å². The van der Waals surface area contributed by atoms with Crippen LogP contribution >= 0.6 is 0 Å². The van der Waals surface area contributed by atoms with Crippen LogP contribution in [0.2, 0.25) is 0 Å². The number of nitrogens with one attached hydrogen (secondary N) is 1. The summed E-state index contributed by atoms with van der Waals surface area (Å²) in [4.78, 5) is 13.1. The molecule has 0 saturated heterocycles. The lowest BCUT2D eigenvalue weighted by molar-refractivity contribution is -0.120. The molecule has 1 aromatic rings. The number of phenols is 1. The highest BCUT2D eigenvalue weighted by Crippen LogP contribution is 2.23. The largest absolute Gasteiger partial charge is 0.507 e. The fourth-order valence-electron chi connectivity index (χ4n) is 1.71. The third kappa shape index (κ3) is 4.28. The third-order valence-corrected chi connectivity index (χ3v) is 2.78. The van der Waals surface area contributed by atoms with Crippen molar-refractivity contribution in [1.82, 2.24) is 5.43 Å². The van der Waals surface area contributed by atoms with Crippen molar-refractivity contribution in [3.8, 4) is 11.8 Å². The van der Waals surface area contributed by atoms with E-state index in [9.17, 15) is 9.90 Å². The number of hydrazone groups is 1. The Labute approximate surface area is 118 Å². The quantitative estimate of drug-likeness (QED) is 0.609. The molecule has 1 rings (SSSR count). The highest BCUT2D eigenvalue weighted by atomic mass is 16.3. The standard InChI is InChI=1S/C14H18N4O2/c1-3-18(4-2)12-6-5-11(13(19)9-12)10-16-17-14(20)7-8-15/h5-6,9-10,19H,3-4,7H2,1-2H3,(H,17,20)/b16-10+. The van der Waals surface area contributed by atoms with Crippen molar-refractivity contribution in [2.75, 3.05) is 18.0 Å². The van der Waals surface area contributed by atoms with Crippen LogP contribution in [0.4, 0.5) is 5.69 Å². The maximum Gasteiger partial charge on any atom is 0.254 e. The summed E-state index contributed by atoms with van der Waals surface area (Å²) in [6.45, 7) is 5.79. The number of hydrogen-bond acceptors (Lipinski definition) is 5. The highest BCUT2D eigenvalue weighted by molar-refractivity contribution is 5.86. The molecule has 0 fully saturated rings. The minimum absolute atomic E-state index is 0.0904. The third-order valence-electron chi connectivity index (χ3n) is 2.78. The summed E-state index contributed by atoms with van der Waals surface area (Å²) < 4.78 is 0. The van der Waals surface area contributed by atoms with Gasteiger partial charge in [-0.2, -0.15) is 10.4 Å². The van der Waals surface area contributed by atoms with E-state index in [2.05, 4.69) is 15.4 Å². The Morgan fingerprint density at radius 3 is 2.75 bits per heavy atom. The molecule has 0 aliphatic heterocycles. The summed E-state index contributed by atoms with van der Waals surface area (Å²) in [7, 11) is 0. The topological polar surface area (TPSA) is 88.7 Å². The Morgan fingerprint density at radius 1 is 1.50 bits per heavy atom. The van der Waals surface area contributed by atoms with Crippen molar-refractivity contribution in [3.05, 3.63) is 23.8 Å². The number of hydrogen-bond donors (Lipinski definition) is 2. The summed E-state index contributed by atoms with van der Waals surface area (Å²) in [5, 5.41) is 21.9. The average Bonchev–Trinajstić information content (AvgIpc) is 2.43. The van der Waals surface area contributed by atoms with Crippen LogP contribution in [0, 0.1) is 11.3 Å². The van der Waals surface area contributed by atoms with Gasteiger partial charge in [0.05, 0.1) is 12.3 Å². The van der Waals surface area contributed by atoms with Crippen molar-refractivity contribution in [3.63, 3.8) is 0 Å².